The molecule has 0 bridgehead atoms. The van der Waals surface area contributed by atoms with Crippen LogP contribution in [0.25, 0.3) is 0 Å². The summed E-state index contributed by atoms with van der Waals surface area (Å²) in [5.74, 6) is -0.857. The van der Waals surface area contributed by atoms with Gasteiger partial charge in [0.15, 0.2) is 6.61 Å². The lowest BCUT2D eigenvalue weighted by molar-refractivity contribution is -0.153. The molecule has 2 aromatic carbocycles. The molecule has 4 rings (SSSR count). The summed E-state index contributed by atoms with van der Waals surface area (Å²) in [7, 11) is 0. The SMILES string of the molecule is CC(C)(NC1=CC(c2cccc(OCC(F)(F)F)c2)N(c2ccc(C(F)(F)F)cc2)C1=O)c1ccc(C(F)(F)F)nc1. The van der Waals surface area contributed by atoms with Crippen LogP contribution in [0.4, 0.5) is 45.2 Å². The van der Waals surface area contributed by atoms with E-state index in [1.165, 1.54) is 36.4 Å². The zero-order chi connectivity index (χ0) is 31.1. The van der Waals surface area contributed by atoms with Crippen LogP contribution in [0.3, 0.4) is 0 Å². The number of benzene rings is 2. The van der Waals surface area contributed by atoms with Crippen molar-refractivity contribution in [3.05, 3.63) is 101 Å². The minimum absolute atomic E-state index is 0.0496. The van der Waals surface area contributed by atoms with E-state index in [-0.39, 0.29) is 28.3 Å². The Morgan fingerprint density at radius 3 is 2.05 bits per heavy atom. The summed E-state index contributed by atoms with van der Waals surface area (Å²) in [6.07, 6.45) is -11.5. The number of rotatable bonds is 7. The van der Waals surface area contributed by atoms with E-state index in [9.17, 15) is 44.3 Å². The predicted molar refractivity (Wildman–Crippen MR) is 133 cm³/mol. The standard InChI is InChI=1S/C28H22F9N3O2/c1-25(2,18-8-11-23(38-14-18)28(35,36)37)39-21-13-22(16-4-3-5-20(12-16)42-15-26(29,30)31)40(24(21)41)19-9-6-17(7-10-19)27(32,33)34/h3-14,22,39H,15H2,1-2H3. The van der Waals surface area contributed by atoms with Gasteiger partial charge in [0.05, 0.1) is 22.8 Å². The normalized spacial score (nSPS) is 16.5. The molecule has 42 heavy (non-hydrogen) atoms. The Morgan fingerprint density at radius 1 is 0.857 bits per heavy atom. The average Bonchev–Trinajstić information content (AvgIpc) is 3.21. The van der Waals surface area contributed by atoms with Crippen LogP contribution in [-0.2, 0) is 22.7 Å². The van der Waals surface area contributed by atoms with Crippen molar-refractivity contribution in [2.24, 2.45) is 0 Å². The minimum Gasteiger partial charge on any atom is -0.484 e. The highest BCUT2D eigenvalue weighted by Crippen LogP contribution is 2.39. The van der Waals surface area contributed by atoms with Gasteiger partial charge in [0.25, 0.3) is 5.91 Å². The Bertz CT molecular complexity index is 1460. The van der Waals surface area contributed by atoms with E-state index >= 15 is 0 Å². The van der Waals surface area contributed by atoms with Crippen LogP contribution in [0.2, 0.25) is 0 Å². The van der Waals surface area contributed by atoms with E-state index in [1.54, 1.807) is 13.8 Å². The number of hydrogen-bond acceptors (Lipinski definition) is 4. The fourth-order valence-corrected chi connectivity index (χ4v) is 4.28. The van der Waals surface area contributed by atoms with Crippen LogP contribution in [0.15, 0.2) is 78.6 Å². The number of halogens is 9. The second-order valence-electron chi connectivity index (χ2n) is 9.90. The van der Waals surface area contributed by atoms with E-state index in [0.717, 1.165) is 41.4 Å². The van der Waals surface area contributed by atoms with Gasteiger partial charge < -0.3 is 10.1 Å². The second-order valence-corrected chi connectivity index (χ2v) is 9.90. The Hall–Kier alpha value is -4.23. The van der Waals surface area contributed by atoms with Gasteiger partial charge >= 0.3 is 18.5 Å². The third-order valence-electron chi connectivity index (χ3n) is 6.35. The van der Waals surface area contributed by atoms with Crippen molar-refractivity contribution in [2.75, 3.05) is 11.5 Å². The maximum absolute atomic E-state index is 13.6. The molecule has 1 amide bonds. The molecule has 0 saturated heterocycles. The van der Waals surface area contributed by atoms with Gasteiger partial charge in [-0.15, -0.1) is 0 Å². The lowest BCUT2D eigenvalue weighted by atomic mass is 9.95. The molecule has 5 nitrogen and oxygen atoms in total. The largest absolute Gasteiger partial charge is 0.484 e. The summed E-state index contributed by atoms with van der Waals surface area (Å²) in [4.78, 5) is 18.2. The van der Waals surface area contributed by atoms with Crippen LogP contribution in [0, 0.1) is 0 Å². The summed E-state index contributed by atoms with van der Waals surface area (Å²) in [6, 6.07) is 10.2. The van der Waals surface area contributed by atoms with Crippen molar-refractivity contribution in [3.63, 3.8) is 0 Å². The van der Waals surface area contributed by atoms with Crippen molar-refractivity contribution in [1.82, 2.24) is 10.3 Å². The first kappa shape index (κ1) is 30.7. The Morgan fingerprint density at radius 2 is 1.50 bits per heavy atom. The zero-order valence-corrected chi connectivity index (χ0v) is 21.8. The molecule has 1 aromatic heterocycles. The van der Waals surface area contributed by atoms with Gasteiger partial charge in [0, 0.05) is 11.9 Å². The lowest BCUT2D eigenvalue weighted by Gasteiger charge is -2.29. The summed E-state index contributed by atoms with van der Waals surface area (Å²) >= 11 is 0. The third kappa shape index (κ3) is 6.97. The number of hydrogen-bond donors (Lipinski definition) is 1. The molecule has 2 heterocycles. The number of nitrogens with one attached hydrogen (secondary N) is 1. The maximum Gasteiger partial charge on any atom is 0.433 e. The molecule has 0 saturated carbocycles. The van der Waals surface area contributed by atoms with Gasteiger partial charge in [0.1, 0.15) is 11.4 Å². The number of alkyl halides is 9. The van der Waals surface area contributed by atoms with E-state index in [2.05, 4.69) is 10.3 Å². The van der Waals surface area contributed by atoms with Gasteiger partial charge in [-0.25, -0.2) is 0 Å². The Labute approximate surface area is 233 Å². The van der Waals surface area contributed by atoms with Crippen molar-refractivity contribution in [2.45, 2.75) is 44.0 Å². The quantitative estimate of drug-likeness (QED) is 0.284. The number of carbonyl (C=O) groups excluding carboxylic acids is 1. The highest BCUT2D eigenvalue weighted by molar-refractivity contribution is 6.09. The molecule has 0 aliphatic carbocycles. The fourth-order valence-electron chi connectivity index (χ4n) is 4.28. The van der Waals surface area contributed by atoms with E-state index in [1.807, 2.05) is 0 Å². The topological polar surface area (TPSA) is 54.5 Å². The van der Waals surface area contributed by atoms with Crippen LogP contribution in [0.5, 0.6) is 5.75 Å². The first-order valence-corrected chi connectivity index (χ1v) is 12.2. The number of aromatic nitrogens is 1. The molecule has 0 spiro atoms. The number of ether oxygens (including phenoxy) is 1. The van der Waals surface area contributed by atoms with Crippen molar-refractivity contribution in [3.8, 4) is 5.75 Å². The molecule has 0 radical (unpaired) electrons. The van der Waals surface area contributed by atoms with Crippen molar-refractivity contribution < 1.29 is 49.0 Å². The first-order chi connectivity index (χ1) is 19.3. The average molecular weight is 603 g/mol. The fraction of sp³-hybridized carbons (Fsp3) is 0.286. The smallest absolute Gasteiger partial charge is 0.433 e. The summed E-state index contributed by atoms with van der Waals surface area (Å²) in [6.45, 7) is 1.58. The predicted octanol–water partition coefficient (Wildman–Crippen LogP) is 7.56. The highest BCUT2D eigenvalue weighted by atomic mass is 19.4. The number of amides is 1. The van der Waals surface area contributed by atoms with Crippen LogP contribution >= 0.6 is 0 Å². The summed E-state index contributed by atoms with van der Waals surface area (Å²) in [5.41, 5.74) is -2.64. The minimum atomic E-state index is -4.66. The summed E-state index contributed by atoms with van der Waals surface area (Å²) < 4.78 is 121. The van der Waals surface area contributed by atoms with E-state index in [0.29, 0.717) is 0 Å². The molecule has 14 heteroatoms. The third-order valence-corrected chi connectivity index (χ3v) is 6.35. The molecular weight excluding hydrogens is 581 g/mol. The number of carbonyl (C=O) groups is 1. The van der Waals surface area contributed by atoms with Crippen LogP contribution in [-0.4, -0.2) is 23.7 Å². The molecule has 1 atom stereocenters. The first-order valence-electron chi connectivity index (χ1n) is 12.2. The number of anilines is 1. The van der Waals surface area contributed by atoms with Gasteiger partial charge in [-0.1, -0.05) is 18.2 Å². The molecule has 1 aliphatic rings. The molecule has 224 valence electrons. The lowest BCUT2D eigenvalue weighted by Crippen LogP contribution is -2.40. The van der Waals surface area contributed by atoms with Gasteiger partial charge in [-0.05, 0) is 73.5 Å². The summed E-state index contributed by atoms with van der Waals surface area (Å²) in [5, 5.41) is 2.96. The molecule has 3 aromatic rings. The van der Waals surface area contributed by atoms with E-state index < -0.39 is 53.9 Å². The second kappa shape index (κ2) is 10.9. The van der Waals surface area contributed by atoms with Crippen LogP contribution < -0.4 is 15.0 Å². The van der Waals surface area contributed by atoms with Crippen LogP contribution in [0.1, 0.15) is 42.3 Å². The Balaban J connectivity index is 1.70. The van der Waals surface area contributed by atoms with Crippen molar-refractivity contribution >= 4 is 11.6 Å². The zero-order valence-electron chi connectivity index (χ0n) is 21.8. The Kier molecular flexibility index (Phi) is 7.96. The molecular formula is C28H22F9N3O2. The number of nitrogens with zero attached hydrogens (tertiary/aromatic N) is 2. The van der Waals surface area contributed by atoms with Gasteiger partial charge in [-0.3, -0.25) is 14.7 Å². The monoisotopic (exact) mass is 603 g/mol. The molecule has 1 aliphatic heterocycles. The number of pyridine rings is 1. The maximum atomic E-state index is 13.6. The van der Waals surface area contributed by atoms with Gasteiger partial charge in [-0.2, -0.15) is 39.5 Å². The molecule has 1 N–H and O–H groups in total. The van der Waals surface area contributed by atoms with Crippen molar-refractivity contribution in [1.29, 1.82) is 0 Å². The van der Waals surface area contributed by atoms with E-state index in [4.69, 9.17) is 4.74 Å². The van der Waals surface area contributed by atoms with Gasteiger partial charge in [0.2, 0.25) is 0 Å². The highest BCUT2D eigenvalue weighted by Gasteiger charge is 2.39. The molecule has 1 unspecified atom stereocenters. The molecule has 0 fully saturated rings.